The van der Waals surface area contributed by atoms with Gasteiger partial charge in [-0.2, -0.15) is 0 Å². The molecule has 6 nitrogen and oxygen atoms in total. The van der Waals surface area contributed by atoms with Crippen molar-refractivity contribution in [1.29, 1.82) is 0 Å². The number of nitrogens with two attached hydrogens (primary N) is 1. The summed E-state index contributed by atoms with van der Waals surface area (Å²) in [6.45, 7) is 5.29. The molecule has 100 valence electrons. The zero-order chi connectivity index (χ0) is 13.1. The van der Waals surface area contributed by atoms with E-state index in [9.17, 15) is 5.11 Å². The molecule has 0 spiro atoms. The highest BCUT2D eigenvalue weighted by Crippen LogP contribution is 2.21. The summed E-state index contributed by atoms with van der Waals surface area (Å²) in [5, 5.41) is 9.19. The fraction of sp³-hybridized carbons (Fsp3) is 0.667. The van der Waals surface area contributed by atoms with E-state index in [1.165, 1.54) is 0 Å². The first-order chi connectivity index (χ1) is 8.63. The van der Waals surface area contributed by atoms with Crippen molar-refractivity contribution in [1.82, 2.24) is 9.97 Å². The van der Waals surface area contributed by atoms with E-state index in [0.29, 0.717) is 19.0 Å². The average molecular weight is 252 g/mol. The summed E-state index contributed by atoms with van der Waals surface area (Å²) in [6, 6.07) is 1.99. The molecule has 0 radical (unpaired) electrons. The Morgan fingerprint density at radius 3 is 3.00 bits per heavy atom. The van der Waals surface area contributed by atoms with Gasteiger partial charge in [0.1, 0.15) is 17.5 Å². The topological polar surface area (TPSA) is 84.5 Å². The molecule has 1 saturated heterocycles. The van der Waals surface area contributed by atoms with Crippen molar-refractivity contribution in [3.63, 3.8) is 0 Å². The quantitative estimate of drug-likeness (QED) is 0.800. The van der Waals surface area contributed by atoms with Crippen LogP contribution in [0.15, 0.2) is 6.07 Å². The van der Waals surface area contributed by atoms with Gasteiger partial charge < -0.3 is 20.5 Å². The fourth-order valence-electron chi connectivity index (χ4n) is 2.06. The smallest absolute Gasteiger partial charge is 0.134 e. The van der Waals surface area contributed by atoms with Gasteiger partial charge in [-0.05, 0) is 6.92 Å². The van der Waals surface area contributed by atoms with E-state index in [4.69, 9.17) is 10.5 Å². The molecule has 2 atom stereocenters. The molecule has 0 bridgehead atoms. The second-order valence-electron chi connectivity index (χ2n) is 4.56. The van der Waals surface area contributed by atoms with Crippen LogP contribution in [-0.4, -0.2) is 47.0 Å². The molecule has 2 heterocycles. The molecule has 6 heteroatoms. The molecule has 1 aromatic rings. The van der Waals surface area contributed by atoms with Gasteiger partial charge in [-0.1, -0.05) is 6.92 Å². The highest BCUT2D eigenvalue weighted by atomic mass is 16.5. The first-order valence-electron chi connectivity index (χ1n) is 6.26. The molecule has 1 fully saturated rings. The Hall–Kier alpha value is -1.40. The molecule has 3 N–H and O–H groups in total. The molecule has 1 aliphatic heterocycles. The van der Waals surface area contributed by atoms with Gasteiger partial charge in [0.2, 0.25) is 0 Å². The summed E-state index contributed by atoms with van der Waals surface area (Å²) >= 11 is 0. The third kappa shape index (κ3) is 2.70. The van der Waals surface area contributed by atoms with Crippen molar-refractivity contribution < 1.29 is 9.84 Å². The number of aromatic nitrogens is 2. The maximum absolute atomic E-state index is 9.19. The largest absolute Gasteiger partial charge is 0.394 e. The summed E-state index contributed by atoms with van der Waals surface area (Å²) < 4.78 is 5.51. The normalized spacial score (nSPS) is 24.3. The Balaban J connectivity index is 2.25. The maximum Gasteiger partial charge on any atom is 0.134 e. The van der Waals surface area contributed by atoms with Crippen LogP contribution < -0.4 is 10.6 Å². The van der Waals surface area contributed by atoms with E-state index in [1.54, 1.807) is 6.07 Å². The monoisotopic (exact) mass is 252 g/mol. The van der Waals surface area contributed by atoms with E-state index in [-0.39, 0.29) is 18.8 Å². The summed E-state index contributed by atoms with van der Waals surface area (Å²) in [7, 11) is 0. The Kier molecular flexibility index (Phi) is 3.98. The van der Waals surface area contributed by atoms with Gasteiger partial charge in [0.15, 0.2) is 0 Å². The molecule has 1 aromatic heterocycles. The molecular formula is C12H20N4O2. The number of rotatable bonds is 3. The number of nitrogen functional groups attached to an aromatic ring is 1. The molecule has 18 heavy (non-hydrogen) atoms. The van der Waals surface area contributed by atoms with E-state index in [2.05, 4.69) is 21.8 Å². The maximum atomic E-state index is 9.19. The van der Waals surface area contributed by atoms with Crippen LogP contribution >= 0.6 is 0 Å². The zero-order valence-corrected chi connectivity index (χ0v) is 10.8. The Bertz CT molecular complexity index is 413. The zero-order valence-electron chi connectivity index (χ0n) is 10.8. The first-order valence-corrected chi connectivity index (χ1v) is 6.26. The fourth-order valence-corrected chi connectivity index (χ4v) is 2.06. The van der Waals surface area contributed by atoms with Crippen molar-refractivity contribution in [2.45, 2.75) is 32.4 Å². The lowest BCUT2D eigenvalue weighted by Crippen LogP contribution is -2.50. The SMILES string of the molecule is CCc1nc(N)cc(N2CC(CO)OCC2C)n1. The number of anilines is 2. The average Bonchev–Trinajstić information content (AvgIpc) is 2.38. The van der Waals surface area contributed by atoms with E-state index in [0.717, 1.165) is 18.1 Å². The predicted octanol–water partition coefficient (Wildman–Crippen LogP) is 0.207. The molecule has 0 saturated carbocycles. The summed E-state index contributed by atoms with van der Waals surface area (Å²) in [4.78, 5) is 10.8. The summed E-state index contributed by atoms with van der Waals surface area (Å²) in [6.07, 6.45) is 0.586. The Morgan fingerprint density at radius 1 is 1.56 bits per heavy atom. The van der Waals surface area contributed by atoms with Gasteiger partial charge in [0.25, 0.3) is 0 Å². The van der Waals surface area contributed by atoms with Crippen LogP contribution in [0.4, 0.5) is 11.6 Å². The second kappa shape index (κ2) is 5.49. The van der Waals surface area contributed by atoms with Crippen LogP contribution in [0.5, 0.6) is 0 Å². The standard InChI is InChI=1S/C12H20N4O2/c1-3-11-14-10(13)4-12(15-11)16-5-9(6-17)18-7-8(16)2/h4,8-9,17H,3,5-7H2,1-2H3,(H2,13,14,15). The van der Waals surface area contributed by atoms with Crippen LogP contribution in [0, 0.1) is 0 Å². The third-order valence-electron chi connectivity index (χ3n) is 3.10. The van der Waals surface area contributed by atoms with Crippen LogP contribution in [-0.2, 0) is 11.2 Å². The number of aryl methyl sites for hydroxylation is 1. The van der Waals surface area contributed by atoms with Gasteiger partial charge in [0, 0.05) is 19.0 Å². The second-order valence-corrected chi connectivity index (χ2v) is 4.56. The Labute approximate surface area is 107 Å². The first kappa shape index (κ1) is 13.0. The number of morpholine rings is 1. The van der Waals surface area contributed by atoms with Crippen molar-refractivity contribution >= 4 is 11.6 Å². The van der Waals surface area contributed by atoms with Gasteiger partial charge in [-0.3, -0.25) is 0 Å². The molecular weight excluding hydrogens is 232 g/mol. The Morgan fingerprint density at radius 2 is 2.33 bits per heavy atom. The number of hydrogen-bond acceptors (Lipinski definition) is 6. The lowest BCUT2D eigenvalue weighted by Gasteiger charge is -2.38. The van der Waals surface area contributed by atoms with E-state index in [1.807, 2.05) is 6.92 Å². The van der Waals surface area contributed by atoms with Gasteiger partial charge in [-0.15, -0.1) is 0 Å². The molecule has 0 aromatic carbocycles. The molecule has 0 aliphatic carbocycles. The van der Waals surface area contributed by atoms with Crippen molar-refractivity contribution in [2.24, 2.45) is 0 Å². The predicted molar refractivity (Wildman–Crippen MR) is 69.5 cm³/mol. The number of hydrogen-bond donors (Lipinski definition) is 2. The molecule has 0 amide bonds. The number of aliphatic hydroxyl groups excluding tert-OH is 1. The molecule has 2 unspecified atom stereocenters. The lowest BCUT2D eigenvalue weighted by molar-refractivity contribution is -0.0105. The third-order valence-corrected chi connectivity index (χ3v) is 3.10. The van der Waals surface area contributed by atoms with Crippen molar-refractivity contribution in [3.8, 4) is 0 Å². The molecule has 2 rings (SSSR count). The van der Waals surface area contributed by atoms with Crippen LogP contribution in [0.1, 0.15) is 19.7 Å². The van der Waals surface area contributed by atoms with Gasteiger partial charge >= 0.3 is 0 Å². The minimum atomic E-state index is -0.164. The van der Waals surface area contributed by atoms with Gasteiger partial charge in [-0.25, -0.2) is 9.97 Å². The number of nitrogens with zero attached hydrogens (tertiary/aromatic N) is 3. The van der Waals surface area contributed by atoms with Gasteiger partial charge in [0.05, 0.1) is 25.4 Å². The molecule has 1 aliphatic rings. The number of aliphatic hydroxyl groups is 1. The van der Waals surface area contributed by atoms with Crippen molar-refractivity contribution in [3.05, 3.63) is 11.9 Å². The van der Waals surface area contributed by atoms with Crippen LogP contribution in [0.25, 0.3) is 0 Å². The van der Waals surface area contributed by atoms with E-state index < -0.39 is 0 Å². The summed E-state index contributed by atoms with van der Waals surface area (Å²) in [5.41, 5.74) is 5.80. The lowest BCUT2D eigenvalue weighted by atomic mass is 10.2. The summed E-state index contributed by atoms with van der Waals surface area (Å²) in [5.74, 6) is 2.04. The minimum absolute atomic E-state index is 0.0183. The highest BCUT2D eigenvalue weighted by Gasteiger charge is 2.27. The van der Waals surface area contributed by atoms with Crippen molar-refractivity contribution in [2.75, 3.05) is 30.4 Å². The highest BCUT2D eigenvalue weighted by molar-refractivity contribution is 5.48. The minimum Gasteiger partial charge on any atom is -0.394 e. The van der Waals surface area contributed by atoms with Crippen LogP contribution in [0.3, 0.4) is 0 Å². The van der Waals surface area contributed by atoms with Crippen LogP contribution in [0.2, 0.25) is 0 Å². The number of ether oxygens (including phenoxy) is 1. The van der Waals surface area contributed by atoms with E-state index >= 15 is 0 Å².